The standard InChI is InChI=1S/C15H11ClINO3/c16-12-8-10(3-6-13(12)17)15(21)18-11-4-1-9(2-5-11)7-14(19)20/h1-6,8H,7H2,(H,18,21)(H,19,20). The summed E-state index contributed by atoms with van der Waals surface area (Å²) in [6.07, 6.45) is -0.0407. The molecular formula is C15H11ClINO3. The van der Waals surface area contributed by atoms with E-state index >= 15 is 0 Å². The van der Waals surface area contributed by atoms with E-state index in [0.717, 1.165) is 3.57 Å². The summed E-state index contributed by atoms with van der Waals surface area (Å²) in [6, 6.07) is 11.8. The molecule has 2 aromatic rings. The highest BCUT2D eigenvalue weighted by atomic mass is 127. The SMILES string of the molecule is O=C(O)Cc1ccc(NC(=O)c2ccc(I)c(Cl)c2)cc1. The number of benzene rings is 2. The number of carboxylic acids is 1. The van der Waals surface area contributed by atoms with Crippen LogP contribution in [0, 0.1) is 3.57 Å². The zero-order valence-electron chi connectivity index (χ0n) is 10.8. The summed E-state index contributed by atoms with van der Waals surface area (Å²) in [7, 11) is 0. The number of rotatable bonds is 4. The maximum atomic E-state index is 12.1. The fourth-order valence-corrected chi connectivity index (χ4v) is 2.24. The molecule has 0 aliphatic carbocycles. The highest BCUT2D eigenvalue weighted by Crippen LogP contribution is 2.20. The van der Waals surface area contributed by atoms with Crippen molar-refractivity contribution >= 4 is 51.8 Å². The highest BCUT2D eigenvalue weighted by molar-refractivity contribution is 14.1. The quantitative estimate of drug-likeness (QED) is 0.746. The van der Waals surface area contributed by atoms with Crippen molar-refractivity contribution in [2.75, 3.05) is 5.32 Å². The number of carboxylic acid groups (broad SMARTS) is 1. The molecule has 0 fully saturated rings. The van der Waals surface area contributed by atoms with Gasteiger partial charge in [0.2, 0.25) is 0 Å². The average Bonchev–Trinajstić information content (AvgIpc) is 2.43. The van der Waals surface area contributed by atoms with Crippen molar-refractivity contribution in [1.29, 1.82) is 0 Å². The van der Waals surface area contributed by atoms with Gasteiger partial charge in [0.15, 0.2) is 0 Å². The Kier molecular flexibility index (Phi) is 5.19. The van der Waals surface area contributed by atoms with Crippen LogP contribution in [0.3, 0.4) is 0 Å². The number of amides is 1. The van der Waals surface area contributed by atoms with E-state index in [0.29, 0.717) is 21.8 Å². The monoisotopic (exact) mass is 415 g/mol. The van der Waals surface area contributed by atoms with E-state index in [4.69, 9.17) is 16.7 Å². The van der Waals surface area contributed by atoms with E-state index in [1.165, 1.54) is 0 Å². The number of carbonyl (C=O) groups excluding carboxylic acids is 1. The molecular weight excluding hydrogens is 405 g/mol. The zero-order chi connectivity index (χ0) is 15.4. The van der Waals surface area contributed by atoms with Crippen molar-refractivity contribution in [3.8, 4) is 0 Å². The molecule has 108 valence electrons. The molecule has 0 aliphatic rings. The summed E-state index contributed by atoms with van der Waals surface area (Å²) in [5, 5.41) is 12.0. The first-order valence-electron chi connectivity index (χ1n) is 6.03. The third-order valence-corrected chi connectivity index (χ3v) is 4.32. The molecule has 0 atom stereocenters. The van der Waals surface area contributed by atoms with E-state index in [1.807, 2.05) is 0 Å². The first kappa shape index (κ1) is 15.8. The molecule has 2 rings (SSSR count). The van der Waals surface area contributed by atoms with Crippen molar-refractivity contribution in [1.82, 2.24) is 0 Å². The van der Waals surface area contributed by atoms with Crippen LogP contribution in [0.15, 0.2) is 42.5 Å². The molecule has 2 aromatic carbocycles. The van der Waals surface area contributed by atoms with Crippen LogP contribution < -0.4 is 5.32 Å². The van der Waals surface area contributed by atoms with Crippen LogP contribution in [0.5, 0.6) is 0 Å². The number of halogens is 2. The summed E-state index contributed by atoms with van der Waals surface area (Å²) in [6.45, 7) is 0. The van der Waals surface area contributed by atoms with Gasteiger partial charge in [0.05, 0.1) is 11.4 Å². The Morgan fingerprint density at radius 1 is 1.14 bits per heavy atom. The van der Waals surface area contributed by atoms with Crippen molar-refractivity contribution in [2.45, 2.75) is 6.42 Å². The maximum Gasteiger partial charge on any atom is 0.307 e. The van der Waals surface area contributed by atoms with E-state index in [2.05, 4.69) is 27.9 Å². The fourth-order valence-electron chi connectivity index (χ4n) is 1.72. The van der Waals surface area contributed by atoms with Crippen LogP contribution >= 0.6 is 34.2 Å². The molecule has 0 unspecified atom stereocenters. The Morgan fingerprint density at radius 3 is 2.38 bits per heavy atom. The first-order valence-corrected chi connectivity index (χ1v) is 7.48. The normalized spacial score (nSPS) is 10.2. The minimum atomic E-state index is -0.889. The lowest BCUT2D eigenvalue weighted by atomic mass is 10.1. The van der Waals surface area contributed by atoms with Crippen molar-refractivity contribution in [2.24, 2.45) is 0 Å². The Labute approximate surface area is 140 Å². The number of carbonyl (C=O) groups is 2. The number of anilines is 1. The van der Waals surface area contributed by atoms with Gasteiger partial charge in [-0.05, 0) is 58.5 Å². The van der Waals surface area contributed by atoms with E-state index < -0.39 is 5.97 Å². The third kappa shape index (κ3) is 4.44. The van der Waals surface area contributed by atoms with Crippen LogP contribution in [-0.2, 0) is 11.2 Å². The van der Waals surface area contributed by atoms with Gasteiger partial charge in [-0.25, -0.2) is 0 Å². The summed E-state index contributed by atoms with van der Waals surface area (Å²) in [5.74, 6) is -1.15. The van der Waals surface area contributed by atoms with Gasteiger partial charge in [0, 0.05) is 14.8 Å². The van der Waals surface area contributed by atoms with Crippen LogP contribution in [0.2, 0.25) is 5.02 Å². The molecule has 2 N–H and O–H groups in total. The van der Waals surface area contributed by atoms with Crippen LogP contribution in [-0.4, -0.2) is 17.0 Å². The largest absolute Gasteiger partial charge is 0.481 e. The van der Waals surface area contributed by atoms with E-state index in [-0.39, 0.29) is 12.3 Å². The minimum Gasteiger partial charge on any atom is -0.481 e. The molecule has 4 nitrogen and oxygen atoms in total. The highest BCUT2D eigenvalue weighted by Gasteiger charge is 2.08. The second-order valence-electron chi connectivity index (χ2n) is 4.35. The van der Waals surface area contributed by atoms with Crippen LogP contribution in [0.25, 0.3) is 0 Å². The van der Waals surface area contributed by atoms with E-state index in [9.17, 15) is 9.59 Å². The Hall–Kier alpha value is -1.60. The zero-order valence-corrected chi connectivity index (χ0v) is 13.7. The molecule has 0 saturated carbocycles. The molecule has 6 heteroatoms. The fraction of sp³-hybridized carbons (Fsp3) is 0.0667. The second kappa shape index (κ2) is 6.91. The lowest BCUT2D eigenvalue weighted by Crippen LogP contribution is -2.12. The summed E-state index contributed by atoms with van der Waals surface area (Å²) in [4.78, 5) is 22.7. The molecule has 0 aromatic heterocycles. The summed E-state index contributed by atoms with van der Waals surface area (Å²) >= 11 is 8.08. The average molecular weight is 416 g/mol. The third-order valence-electron chi connectivity index (χ3n) is 2.75. The van der Waals surface area contributed by atoms with Gasteiger partial charge in [-0.1, -0.05) is 23.7 Å². The molecule has 0 spiro atoms. The topological polar surface area (TPSA) is 66.4 Å². The number of aliphatic carboxylic acids is 1. The molecule has 0 bridgehead atoms. The van der Waals surface area contributed by atoms with Crippen LogP contribution in [0.4, 0.5) is 5.69 Å². The lowest BCUT2D eigenvalue weighted by Gasteiger charge is -2.07. The second-order valence-corrected chi connectivity index (χ2v) is 5.92. The molecule has 21 heavy (non-hydrogen) atoms. The maximum absolute atomic E-state index is 12.1. The predicted molar refractivity (Wildman–Crippen MR) is 89.9 cm³/mol. The van der Waals surface area contributed by atoms with Crippen LogP contribution in [0.1, 0.15) is 15.9 Å². The van der Waals surface area contributed by atoms with E-state index in [1.54, 1.807) is 42.5 Å². The molecule has 1 amide bonds. The van der Waals surface area contributed by atoms with Crippen molar-refractivity contribution < 1.29 is 14.7 Å². The number of hydrogen-bond acceptors (Lipinski definition) is 2. The molecule has 0 aliphatic heterocycles. The van der Waals surface area contributed by atoms with Crippen molar-refractivity contribution in [3.63, 3.8) is 0 Å². The summed E-state index contributed by atoms with van der Waals surface area (Å²) < 4.78 is 0.879. The number of nitrogens with one attached hydrogen (secondary N) is 1. The molecule has 0 radical (unpaired) electrons. The van der Waals surface area contributed by atoms with Gasteiger partial charge >= 0.3 is 5.97 Å². The predicted octanol–water partition coefficient (Wildman–Crippen LogP) is 3.82. The van der Waals surface area contributed by atoms with Gasteiger partial charge in [0.25, 0.3) is 5.91 Å². The van der Waals surface area contributed by atoms with Gasteiger partial charge in [-0.3, -0.25) is 9.59 Å². The van der Waals surface area contributed by atoms with Gasteiger partial charge < -0.3 is 10.4 Å². The van der Waals surface area contributed by atoms with Gasteiger partial charge in [-0.2, -0.15) is 0 Å². The van der Waals surface area contributed by atoms with Gasteiger partial charge in [0.1, 0.15) is 0 Å². The first-order chi connectivity index (χ1) is 9.95. The Balaban J connectivity index is 2.08. The Bertz CT molecular complexity index is 686. The van der Waals surface area contributed by atoms with Gasteiger partial charge in [-0.15, -0.1) is 0 Å². The molecule has 0 saturated heterocycles. The summed E-state index contributed by atoms with van der Waals surface area (Å²) in [5.41, 5.74) is 1.75. The number of hydrogen-bond donors (Lipinski definition) is 2. The Morgan fingerprint density at radius 2 is 1.81 bits per heavy atom. The minimum absolute atomic E-state index is 0.0407. The molecule has 0 heterocycles. The smallest absolute Gasteiger partial charge is 0.307 e. The lowest BCUT2D eigenvalue weighted by molar-refractivity contribution is -0.136. The van der Waals surface area contributed by atoms with Crippen molar-refractivity contribution in [3.05, 3.63) is 62.2 Å².